The molecule has 1 aromatic carbocycles. The molecule has 21 heavy (non-hydrogen) atoms. The zero-order valence-corrected chi connectivity index (χ0v) is 14.4. The van der Waals surface area contributed by atoms with E-state index in [-0.39, 0.29) is 16.7 Å². The van der Waals surface area contributed by atoms with E-state index in [1.165, 1.54) is 11.1 Å². The number of nitrogens with zero attached hydrogens (tertiary/aromatic N) is 1. The first-order valence-electron chi connectivity index (χ1n) is 8.04. The molecule has 0 aliphatic carbocycles. The summed E-state index contributed by atoms with van der Waals surface area (Å²) in [6, 6.07) is 6.45. The summed E-state index contributed by atoms with van der Waals surface area (Å²) >= 11 is 0. The summed E-state index contributed by atoms with van der Waals surface area (Å²) in [5.41, 5.74) is 3.46. The molecule has 0 N–H and O–H groups in total. The van der Waals surface area contributed by atoms with Gasteiger partial charge in [-0.25, -0.2) is 0 Å². The summed E-state index contributed by atoms with van der Waals surface area (Å²) in [7, 11) is 0. The van der Waals surface area contributed by atoms with Crippen molar-refractivity contribution in [2.24, 2.45) is 0 Å². The van der Waals surface area contributed by atoms with E-state index >= 15 is 0 Å². The Bertz CT molecular complexity index is 493. The Kier molecular flexibility index (Phi) is 4.19. The lowest BCUT2D eigenvalue weighted by atomic mass is 9.79. The maximum Gasteiger partial charge on any atom is 0.253 e. The Labute approximate surface area is 129 Å². The lowest BCUT2D eigenvalue weighted by Gasteiger charge is -2.27. The summed E-state index contributed by atoms with van der Waals surface area (Å²) < 4.78 is 0. The Morgan fingerprint density at radius 2 is 1.29 bits per heavy atom. The molecule has 1 aliphatic heterocycles. The molecule has 1 saturated heterocycles. The van der Waals surface area contributed by atoms with E-state index in [4.69, 9.17) is 0 Å². The van der Waals surface area contributed by atoms with Gasteiger partial charge in [0, 0.05) is 18.7 Å². The van der Waals surface area contributed by atoms with Crippen LogP contribution in [0.15, 0.2) is 18.2 Å². The van der Waals surface area contributed by atoms with Gasteiger partial charge in [0.2, 0.25) is 0 Å². The Hall–Kier alpha value is -1.31. The van der Waals surface area contributed by atoms with Crippen molar-refractivity contribution in [2.75, 3.05) is 13.1 Å². The van der Waals surface area contributed by atoms with Crippen molar-refractivity contribution in [3.05, 3.63) is 34.9 Å². The molecule has 1 amide bonds. The van der Waals surface area contributed by atoms with Gasteiger partial charge in [0.1, 0.15) is 0 Å². The fourth-order valence-electron chi connectivity index (χ4n) is 2.72. The van der Waals surface area contributed by atoms with Crippen LogP contribution in [0.5, 0.6) is 0 Å². The molecule has 0 unspecified atom stereocenters. The zero-order valence-electron chi connectivity index (χ0n) is 14.4. The van der Waals surface area contributed by atoms with E-state index in [9.17, 15) is 4.79 Å². The Balaban J connectivity index is 2.47. The van der Waals surface area contributed by atoms with E-state index in [0.717, 1.165) is 31.5 Å². The summed E-state index contributed by atoms with van der Waals surface area (Å²) in [5.74, 6) is 0.198. The third-order valence-electron chi connectivity index (χ3n) is 4.31. The second-order valence-corrected chi connectivity index (χ2v) is 8.30. The van der Waals surface area contributed by atoms with E-state index in [1.807, 2.05) is 4.90 Å². The number of benzene rings is 1. The van der Waals surface area contributed by atoms with Gasteiger partial charge in [-0.15, -0.1) is 0 Å². The van der Waals surface area contributed by atoms with Gasteiger partial charge < -0.3 is 4.90 Å². The summed E-state index contributed by atoms with van der Waals surface area (Å²) in [6.45, 7) is 15.1. The van der Waals surface area contributed by atoms with Crippen molar-refractivity contribution in [2.45, 2.75) is 65.2 Å². The molecule has 0 saturated carbocycles. The third-order valence-corrected chi connectivity index (χ3v) is 4.31. The van der Waals surface area contributed by atoms with Crippen LogP contribution in [-0.2, 0) is 10.8 Å². The van der Waals surface area contributed by atoms with Gasteiger partial charge in [0.25, 0.3) is 5.91 Å². The molecule has 1 aliphatic rings. The van der Waals surface area contributed by atoms with Crippen LogP contribution >= 0.6 is 0 Å². The normalized spacial score (nSPS) is 16.4. The summed E-state index contributed by atoms with van der Waals surface area (Å²) in [5, 5.41) is 0. The van der Waals surface area contributed by atoms with Gasteiger partial charge in [0.05, 0.1) is 0 Å². The topological polar surface area (TPSA) is 20.3 Å². The highest BCUT2D eigenvalue weighted by molar-refractivity contribution is 5.95. The van der Waals surface area contributed by atoms with Gasteiger partial charge in [-0.2, -0.15) is 0 Å². The first-order chi connectivity index (χ1) is 9.59. The highest BCUT2D eigenvalue weighted by Gasteiger charge is 2.25. The molecule has 0 bridgehead atoms. The van der Waals surface area contributed by atoms with E-state index < -0.39 is 0 Å². The number of hydrogen-bond acceptors (Lipinski definition) is 1. The predicted molar refractivity (Wildman–Crippen MR) is 89.0 cm³/mol. The SMILES string of the molecule is CC(C)(C)c1cc(C(=O)N2CCCC2)cc(C(C)(C)C)c1. The molecule has 1 aromatic rings. The standard InChI is InChI=1S/C19H29NO/c1-18(2,3)15-11-14(12-16(13-15)19(4,5)6)17(21)20-9-7-8-10-20/h11-13H,7-10H2,1-6H3. The first-order valence-corrected chi connectivity index (χ1v) is 8.04. The van der Waals surface area contributed by atoms with E-state index in [2.05, 4.69) is 59.7 Å². The number of carbonyl (C=O) groups is 1. The number of carbonyl (C=O) groups excluding carboxylic acids is 1. The monoisotopic (exact) mass is 287 g/mol. The van der Waals surface area contributed by atoms with Gasteiger partial charge in [-0.1, -0.05) is 47.6 Å². The number of likely N-dealkylation sites (tertiary alicyclic amines) is 1. The van der Waals surface area contributed by atoms with Gasteiger partial charge in [-0.3, -0.25) is 4.79 Å². The van der Waals surface area contributed by atoms with Crippen LogP contribution < -0.4 is 0 Å². The molecule has 116 valence electrons. The van der Waals surface area contributed by atoms with E-state index in [0.29, 0.717) is 0 Å². The number of rotatable bonds is 1. The zero-order chi connectivity index (χ0) is 15.8. The van der Waals surface area contributed by atoms with Crippen molar-refractivity contribution < 1.29 is 4.79 Å². The molecule has 0 atom stereocenters. The fourth-order valence-corrected chi connectivity index (χ4v) is 2.72. The highest BCUT2D eigenvalue weighted by Crippen LogP contribution is 2.31. The van der Waals surface area contributed by atoms with Crippen molar-refractivity contribution in [1.82, 2.24) is 4.90 Å². The van der Waals surface area contributed by atoms with Crippen LogP contribution in [0.1, 0.15) is 75.9 Å². The minimum atomic E-state index is 0.0568. The average Bonchev–Trinajstić information content (AvgIpc) is 2.89. The lowest BCUT2D eigenvalue weighted by molar-refractivity contribution is 0.0792. The second kappa shape index (κ2) is 5.47. The average molecular weight is 287 g/mol. The molecular formula is C19H29NO. The maximum absolute atomic E-state index is 12.7. The largest absolute Gasteiger partial charge is 0.339 e. The van der Waals surface area contributed by atoms with Crippen LogP contribution in [-0.4, -0.2) is 23.9 Å². The molecular weight excluding hydrogens is 258 g/mol. The highest BCUT2D eigenvalue weighted by atomic mass is 16.2. The van der Waals surface area contributed by atoms with Crippen LogP contribution in [0.2, 0.25) is 0 Å². The van der Waals surface area contributed by atoms with Crippen molar-refractivity contribution in [3.8, 4) is 0 Å². The van der Waals surface area contributed by atoms with Crippen LogP contribution in [0.4, 0.5) is 0 Å². The second-order valence-electron chi connectivity index (χ2n) is 8.30. The molecule has 0 spiro atoms. The van der Waals surface area contributed by atoms with Crippen molar-refractivity contribution in [3.63, 3.8) is 0 Å². The van der Waals surface area contributed by atoms with Gasteiger partial charge in [0.15, 0.2) is 0 Å². The quantitative estimate of drug-likeness (QED) is 0.744. The number of hydrogen-bond donors (Lipinski definition) is 0. The molecule has 1 fully saturated rings. The van der Waals surface area contributed by atoms with E-state index in [1.54, 1.807) is 0 Å². The lowest BCUT2D eigenvalue weighted by Crippen LogP contribution is -2.28. The fraction of sp³-hybridized carbons (Fsp3) is 0.632. The Morgan fingerprint density at radius 1 is 0.857 bits per heavy atom. The van der Waals surface area contributed by atoms with Gasteiger partial charge in [-0.05, 0) is 46.9 Å². The van der Waals surface area contributed by atoms with Crippen molar-refractivity contribution >= 4 is 5.91 Å². The minimum absolute atomic E-state index is 0.0568. The smallest absolute Gasteiger partial charge is 0.253 e. The molecule has 2 nitrogen and oxygen atoms in total. The van der Waals surface area contributed by atoms with Crippen LogP contribution in [0, 0.1) is 0 Å². The minimum Gasteiger partial charge on any atom is -0.339 e. The maximum atomic E-state index is 12.7. The molecule has 0 aromatic heterocycles. The molecule has 2 rings (SSSR count). The molecule has 2 heteroatoms. The number of amides is 1. The predicted octanol–water partition coefficient (Wildman–Crippen LogP) is 4.52. The first kappa shape index (κ1) is 16.1. The third kappa shape index (κ3) is 3.66. The van der Waals surface area contributed by atoms with Crippen molar-refractivity contribution in [1.29, 1.82) is 0 Å². The molecule has 1 heterocycles. The molecule has 0 radical (unpaired) electrons. The Morgan fingerprint density at radius 3 is 1.67 bits per heavy atom. The van der Waals surface area contributed by atoms with Crippen LogP contribution in [0.25, 0.3) is 0 Å². The van der Waals surface area contributed by atoms with Gasteiger partial charge >= 0.3 is 0 Å². The van der Waals surface area contributed by atoms with Crippen LogP contribution in [0.3, 0.4) is 0 Å². The summed E-state index contributed by atoms with van der Waals surface area (Å²) in [4.78, 5) is 14.7. The summed E-state index contributed by atoms with van der Waals surface area (Å²) in [6.07, 6.45) is 2.27.